The number of amides is 1. The first-order chi connectivity index (χ1) is 15.6. The summed E-state index contributed by atoms with van der Waals surface area (Å²) in [4.78, 5) is 14.9. The molecule has 0 unspecified atom stereocenters. The van der Waals surface area contributed by atoms with Crippen LogP contribution in [0.2, 0.25) is 0 Å². The van der Waals surface area contributed by atoms with Gasteiger partial charge in [-0.3, -0.25) is 9.69 Å². The summed E-state index contributed by atoms with van der Waals surface area (Å²) in [7, 11) is 1.66. The zero-order chi connectivity index (χ0) is 22.1. The SMILES string of the molecule is COc1ccc2c(c1)C=C(CN1C[C@@H](c3ccccc3F)[C@@]3(CCCCC(=O)N3)C1)CO2. The molecule has 5 nitrogen and oxygen atoms in total. The summed E-state index contributed by atoms with van der Waals surface area (Å²) in [5.41, 5.74) is 2.43. The first kappa shape index (κ1) is 21.0. The number of nitrogens with one attached hydrogen (secondary N) is 1. The van der Waals surface area contributed by atoms with Gasteiger partial charge in [-0.05, 0) is 54.3 Å². The van der Waals surface area contributed by atoms with Crippen LogP contribution in [0.3, 0.4) is 0 Å². The summed E-state index contributed by atoms with van der Waals surface area (Å²) >= 11 is 0. The second-order valence-electron chi connectivity index (χ2n) is 9.15. The smallest absolute Gasteiger partial charge is 0.220 e. The fourth-order valence-electron chi connectivity index (χ4n) is 5.50. The van der Waals surface area contributed by atoms with E-state index in [0.29, 0.717) is 31.7 Å². The Hall–Kier alpha value is -2.86. The van der Waals surface area contributed by atoms with Crippen LogP contribution in [0, 0.1) is 5.82 Å². The number of rotatable bonds is 4. The van der Waals surface area contributed by atoms with Gasteiger partial charge < -0.3 is 14.8 Å². The lowest BCUT2D eigenvalue weighted by atomic mass is 9.78. The molecule has 2 atom stereocenters. The number of hydrogen-bond donors (Lipinski definition) is 1. The van der Waals surface area contributed by atoms with Crippen LogP contribution in [0.25, 0.3) is 6.08 Å². The molecule has 32 heavy (non-hydrogen) atoms. The highest BCUT2D eigenvalue weighted by Gasteiger charge is 2.49. The minimum absolute atomic E-state index is 0.0759. The molecular formula is C26H29FN2O3. The molecule has 3 heterocycles. The molecule has 3 aliphatic heterocycles. The van der Waals surface area contributed by atoms with Crippen molar-refractivity contribution < 1.29 is 18.7 Å². The Morgan fingerprint density at radius 1 is 1.25 bits per heavy atom. The maximum Gasteiger partial charge on any atom is 0.220 e. The summed E-state index contributed by atoms with van der Waals surface area (Å²) in [6, 6.07) is 12.8. The number of halogens is 1. The van der Waals surface area contributed by atoms with E-state index in [0.717, 1.165) is 48.4 Å². The third kappa shape index (κ3) is 3.99. The van der Waals surface area contributed by atoms with Crippen molar-refractivity contribution in [3.05, 3.63) is 65.0 Å². The fourth-order valence-corrected chi connectivity index (χ4v) is 5.50. The Bertz CT molecular complexity index is 1050. The van der Waals surface area contributed by atoms with Crippen molar-refractivity contribution in [3.63, 3.8) is 0 Å². The van der Waals surface area contributed by atoms with Crippen molar-refractivity contribution in [1.29, 1.82) is 0 Å². The van der Waals surface area contributed by atoms with Crippen molar-refractivity contribution in [2.45, 2.75) is 37.1 Å². The van der Waals surface area contributed by atoms with Crippen molar-refractivity contribution in [3.8, 4) is 11.5 Å². The molecule has 2 fully saturated rings. The first-order valence-corrected chi connectivity index (χ1v) is 11.3. The molecule has 3 aliphatic rings. The fraction of sp³-hybridized carbons (Fsp3) is 0.423. The van der Waals surface area contributed by atoms with E-state index < -0.39 is 5.54 Å². The van der Waals surface area contributed by atoms with Crippen molar-refractivity contribution >= 4 is 12.0 Å². The minimum atomic E-state index is -0.438. The summed E-state index contributed by atoms with van der Waals surface area (Å²) < 4.78 is 26.1. The van der Waals surface area contributed by atoms with Crippen LogP contribution < -0.4 is 14.8 Å². The third-order valence-electron chi connectivity index (χ3n) is 6.98. The highest BCUT2D eigenvalue weighted by molar-refractivity contribution is 5.77. The number of nitrogens with zero attached hydrogens (tertiary/aromatic N) is 1. The van der Waals surface area contributed by atoms with Crippen LogP contribution in [0.1, 0.15) is 42.7 Å². The van der Waals surface area contributed by atoms with E-state index in [2.05, 4.69) is 16.3 Å². The van der Waals surface area contributed by atoms with Crippen LogP contribution >= 0.6 is 0 Å². The molecule has 0 radical (unpaired) electrons. The lowest BCUT2D eigenvalue weighted by molar-refractivity contribution is -0.122. The minimum Gasteiger partial charge on any atom is -0.497 e. The summed E-state index contributed by atoms with van der Waals surface area (Å²) in [6.07, 6.45) is 5.43. The van der Waals surface area contributed by atoms with Gasteiger partial charge in [0.05, 0.1) is 12.6 Å². The molecular weight excluding hydrogens is 407 g/mol. The van der Waals surface area contributed by atoms with E-state index in [9.17, 15) is 9.18 Å². The van der Waals surface area contributed by atoms with Crippen LogP contribution in [-0.4, -0.2) is 49.7 Å². The van der Waals surface area contributed by atoms with Crippen LogP contribution in [0.5, 0.6) is 11.5 Å². The molecule has 2 saturated heterocycles. The van der Waals surface area contributed by atoms with Crippen LogP contribution in [0.15, 0.2) is 48.0 Å². The maximum atomic E-state index is 14.8. The molecule has 6 heteroatoms. The largest absolute Gasteiger partial charge is 0.497 e. The molecule has 1 N–H and O–H groups in total. The molecule has 5 rings (SSSR count). The average molecular weight is 437 g/mol. The number of carbonyl (C=O) groups is 1. The molecule has 0 aliphatic carbocycles. The molecule has 0 saturated carbocycles. The molecule has 0 bridgehead atoms. The number of fused-ring (bicyclic) bond motifs is 1. The number of benzene rings is 2. The van der Waals surface area contributed by atoms with Crippen molar-refractivity contribution in [2.24, 2.45) is 0 Å². The Kier molecular flexibility index (Phi) is 5.64. The third-order valence-corrected chi connectivity index (χ3v) is 6.98. The maximum absolute atomic E-state index is 14.8. The molecule has 2 aromatic carbocycles. The normalized spacial score (nSPS) is 25.5. The highest BCUT2D eigenvalue weighted by atomic mass is 19.1. The van der Waals surface area contributed by atoms with Gasteiger partial charge in [0, 0.05) is 37.5 Å². The van der Waals surface area contributed by atoms with E-state index >= 15 is 0 Å². The van der Waals surface area contributed by atoms with E-state index in [1.165, 1.54) is 6.07 Å². The average Bonchev–Trinajstić information content (AvgIpc) is 3.01. The number of ether oxygens (including phenoxy) is 2. The van der Waals surface area contributed by atoms with E-state index in [1.807, 2.05) is 30.3 Å². The lowest BCUT2D eigenvalue weighted by Gasteiger charge is -2.35. The predicted octanol–water partition coefficient (Wildman–Crippen LogP) is 4.14. The van der Waals surface area contributed by atoms with Gasteiger partial charge in [0.1, 0.15) is 23.9 Å². The van der Waals surface area contributed by atoms with Gasteiger partial charge in [-0.1, -0.05) is 24.6 Å². The quantitative estimate of drug-likeness (QED) is 0.783. The Labute approximate surface area is 188 Å². The topological polar surface area (TPSA) is 50.8 Å². The first-order valence-electron chi connectivity index (χ1n) is 11.3. The number of methoxy groups -OCH3 is 1. The van der Waals surface area contributed by atoms with Gasteiger partial charge in [-0.2, -0.15) is 0 Å². The molecule has 168 valence electrons. The van der Waals surface area contributed by atoms with Crippen molar-refractivity contribution in [1.82, 2.24) is 10.2 Å². The monoisotopic (exact) mass is 436 g/mol. The van der Waals surface area contributed by atoms with Crippen molar-refractivity contribution in [2.75, 3.05) is 33.4 Å². The second kappa shape index (κ2) is 8.58. The summed E-state index contributed by atoms with van der Waals surface area (Å²) in [6.45, 7) is 2.66. The van der Waals surface area contributed by atoms with Gasteiger partial charge in [0.25, 0.3) is 0 Å². The Balaban J connectivity index is 1.42. The van der Waals surface area contributed by atoms with Gasteiger partial charge in [0.2, 0.25) is 5.91 Å². The summed E-state index contributed by atoms with van der Waals surface area (Å²) in [5.74, 6) is 1.45. The zero-order valence-electron chi connectivity index (χ0n) is 18.4. The second-order valence-corrected chi connectivity index (χ2v) is 9.15. The standard InChI is InChI=1S/C26H29FN2O3/c1-31-20-9-10-24-19(13-20)12-18(16-32-24)14-29-15-22(21-6-2-3-7-23(21)27)26(17-29)11-5-4-8-25(30)28-26/h2-3,6-7,9-10,12-13,22H,4-5,8,11,14-17H2,1H3,(H,28,30)/t22-,26+/m0/s1. The molecule has 1 spiro atoms. The van der Waals surface area contributed by atoms with Gasteiger partial charge in [-0.25, -0.2) is 4.39 Å². The molecule has 1 amide bonds. The highest BCUT2D eigenvalue weighted by Crippen LogP contribution is 2.42. The van der Waals surface area contributed by atoms with E-state index in [-0.39, 0.29) is 17.6 Å². The zero-order valence-corrected chi connectivity index (χ0v) is 18.4. The number of likely N-dealkylation sites (tertiary alicyclic amines) is 1. The van der Waals surface area contributed by atoms with Gasteiger partial charge in [-0.15, -0.1) is 0 Å². The lowest BCUT2D eigenvalue weighted by Crippen LogP contribution is -2.52. The van der Waals surface area contributed by atoms with Crippen LogP contribution in [-0.2, 0) is 4.79 Å². The summed E-state index contributed by atoms with van der Waals surface area (Å²) in [5, 5.41) is 3.31. The van der Waals surface area contributed by atoms with Gasteiger partial charge in [0.15, 0.2) is 0 Å². The Morgan fingerprint density at radius 2 is 2.12 bits per heavy atom. The molecule has 2 aromatic rings. The van der Waals surface area contributed by atoms with E-state index in [1.54, 1.807) is 13.2 Å². The van der Waals surface area contributed by atoms with Gasteiger partial charge >= 0.3 is 0 Å². The Morgan fingerprint density at radius 3 is 2.97 bits per heavy atom. The number of carbonyl (C=O) groups excluding carboxylic acids is 1. The predicted molar refractivity (Wildman–Crippen MR) is 121 cm³/mol. The van der Waals surface area contributed by atoms with E-state index in [4.69, 9.17) is 9.47 Å². The number of hydrogen-bond acceptors (Lipinski definition) is 4. The molecule has 0 aromatic heterocycles. The van der Waals surface area contributed by atoms with Crippen LogP contribution in [0.4, 0.5) is 4.39 Å².